The summed E-state index contributed by atoms with van der Waals surface area (Å²) in [4.78, 5) is 15.4. The van der Waals surface area contributed by atoms with Crippen LogP contribution in [0.15, 0.2) is 6.33 Å². The topological polar surface area (TPSA) is 106 Å². The first kappa shape index (κ1) is 11.8. The summed E-state index contributed by atoms with van der Waals surface area (Å²) >= 11 is 0. The fourth-order valence-corrected chi connectivity index (χ4v) is 2.03. The molecule has 0 saturated heterocycles. The van der Waals surface area contributed by atoms with Crippen molar-refractivity contribution in [1.82, 2.24) is 20.1 Å². The van der Waals surface area contributed by atoms with Crippen LogP contribution in [0.3, 0.4) is 0 Å². The maximum absolute atomic E-state index is 11.7. The number of aromatic nitrogens is 3. The summed E-state index contributed by atoms with van der Waals surface area (Å²) in [5.74, 6) is 0.0647. The zero-order valence-electron chi connectivity index (χ0n) is 9.54. The average molecular weight is 239 g/mol. The first-order valence-corrected chi connectivity index (χ1v) is 5.76. The molecule has 1 heterocycles. The Balaban J connectivity index is 1.77. The van der Waals surface area contributed by atoms with Crippen LogP contribution in [0.5, 0.6) is 0 Å². The number of hydrogen-bond donors (Lipinski definition) is 3. The second-order valence-electron chi connectivity index (χ2n) is 4.37. The van der Waals surface area contributed by atoms with Gasteiger partial charge in [-0.1, -0.05) is 0 Å². The summed E-state index contributed by atoms with van der Waals surface area (Å²) in [5.41, 5.74) is 5.35. The van der Waals surface area contributed by atoms with Crippen molar-refractivity contribution >= 4 is 11.9 Å². The number of rotatable bonds is 3. The molecule has 1 aliphatic rings. The highest BCUT2D eigenvalue weighted by atomic mass is 16.3. The molecule has 0 spiro atoms. The maximum atomic E-state index is 11.7. The molecule has 0 unspecified atom stereocenters. The average Bonchev–Trinajstić information content (AvgIpc) is 2.67. The third kappa shape index (κ3) is 3.42. The molecule has 1 amide bonds. The molecule has 1 fully saturated rings. The number of carbonyl (C=O) groups is 1. The number of nitrogens with one attached hydrogen (secondary N) is 1. The van der Waals surface area contributed by atoms with Gasteiger partial charge in [0.15, 0.2) is 0 Å². The Morgan fingerprint density at radius 2 is 2.24 bits per heavy atom. The van der Waals surface area contributed by atoms with E-state index in [1.807, 2.05) is 0 Å². The van der Waals surface area contributed by atoms with Crippen molar-refractivity contribution in [1.29, 1.82) is 0 Å². The van der Waals surface area contributed by atoms with Gasteiger partial charge in [0.25, 0.3) is 0 Å². The minimum Gasteiger partial charge on any atom is -0.393 e. The van der Waals surface area contributed by atoms with E-state index in [0.29, 0.717) is 0 Å². The fraction of sp³-hybridized carbons (Fsp3) is 0.700. The van der Waals surface area contributed by atoms with E-state index in [1.165, 1.54) is 11.0 Å². The van der Waals surface area contributed by atoms with Crippen molar-refractivity contribution in [2.45, 2.75) is 44.4 Å². The van der Waals surface area contributed by atoms with Crippen LogP contribution in [0.25, 0.3) is 0 Å². The van der Waals surface area contributed by atoms with E-state index in [2.05, 4.69) is 15.4 Å². The van der Waals surface area contributed by atoms with Crippen LogP contribution >= 0.6 is 0 Å². The van der Waals surface area contributed by atoms with Crippen molar-refractivity contribution < 1.29 is 9.90 Å². The van der Waals surface area contributed by atoms with Crippen LogP contribution in [-0.2, 0) is 11.3 Å². The second kappa shape index (κ2) is 5.13. The van der Waals surface area contributed by atoms with Crippen LogP contribution in [0, 0.1) is 0 Å². The molecule has 7 heteroatoms. The summed E-state index contributed by atoms with van der Waals surface area (Å²) in [7, 11) is 0. The minimum atomic E-state index is -0.210. The van der Waals surface area contributed by atoms with E-state index in [9.17, 15) is 9.90 Å². The fourth-order valence-electron chi connectivity index (χ4n) is 2.03. The summed E-state index contributed by atoms with van der Waals surface area (Å²) in [6.45, 7) is 0.128. The molecular formula is C10H17N5O2. The molecule has 17 heavy (non-hydrogen) atoms. The number of nitrogens with two attached hydrogens (primary N) is 1. The van der Waals surface area contributed by atoms with Gasteiger partial charge in [-0.2, -0.15) is 0 Å². The second-order valence-corrected chi connectivity index (χ2v) is 4.37. The third-order valence-electron chi connectivity index (χ3n) is 2.92. The lowest BCUT2D eigenvalue weighted by atomic mass is 9.93. The summed E-state index contributed by atoms with van der Waals surface area (Å²) < 4.78 is 1.41. The molecule has 4 N–H and O–H groups in total. The molecule has 0 aromatic carbocycles. The van der Waals surface area contributed by atoms with Crippen LogP contribution in [0.1, 0.15) is 25.7 Å². The Kier molecular flexibility index (Phi) is 3.58. The zero-order valence-corrected chi connectivity index (χ0v) is 9.54. The predicted molar refractivity (Wildman–Crippen MR) is 60.8 cm³/mol. The monoisotopic (exact) mass is 239 g/mol. The Morgan fingerprint density at radius 3 is 2.82 bits per heavy atom. The van der Waals surface area contributed by atoms with Crippen LogP contribution < -0.4 is 11.1 Å². The first-order valence-electron chi connectivity index (χ1n) is 5.76. The van der Waals surface area contributed by atoms with Gasteiger partial charge in [0.05, 0.1) is 6.10 Å². The van der Waals surface area contributed by atoms with Crippen LogP contribution in [-0.4, -0.2) is 37.9 Å². The highest BCUT2D eigenvalue weighted by Gasteiger charge is 2.20. The number of nitrogens with zero attached hydrogens (tertiary/aromatic N) is 3. The molecule has 7 nitrogen and oxygen atoms in total. The largest absolute Gasteiger partial charge is 0.393 e. The van der Waals surface area contributed by atoms with E-state index >= 15 is 0 Å². The zero-order chi connectivity index (χ0) is 12.3. The van der Waals surface area contributed by atoms with Gasteiger partial charge >= 0.3 is 0 Å². The molecular weight excluding hydrogens is 222 g/mol. The van der Waals surface area contributed by atoms with Crippen LogP contribution in [0.2, 0.25) is 0 Å². The normalized spacial score (nSPS) is 24.5. The number of carbonyl (C=O) groups excluding carboxylic acids is 1. The number of aliphatic hydroxyl groups is 1. The van der Waals surface area contributed by atoms with Crippen molar-refractivity contribution in [2.75, 3.05) is 5.73 Å². The lowest BCUT2D eigenvalue weighted by Crippen LogP contribution is -2.40. The van der Waals surface area contributed by atoms with Crippen molar-refractivity contribution in [3.05, 3.63) is 6.33 Å². The molecule has 1 aromatic heterocycles. The molecule has 0 atom stereocenters. The minimum absolute atomic E-state index is 0.101. The standard InChI is InChI=1S/C10H17N5O2/c11-10-12-6-15(14-10)5-9(17)13-7-1-3-8(16)4-2-7/h6-8,16H,1-5H2,(H2,11,14)(H,13,17). The van der Waals surface area contributed by atoms with Gasteiger partial charge in [0, 0.05) is 6.04 Å². The van der Waals surface area contributed by atoms with Crippen molar-refractivity contribution in [3.63, 3.8) is 0 Å². The van der Waals surface area contributed by atoms with Crippen LogP contribution in [0.4, 0.5) is 5.95 Å². The third-order valence-corrected chi connectivity index (χ3v) is 2.92. The van der Waals surface area contributed by atoms with E-state index in [1.54, 1.807) is 0 Å². The Labute approximate surface area is 99.0 Å². The SMILES string of the molecule is Nc1ncn(CC(=O)NC2CCC(O)CC2)n1. The smallest absolute Gasteiger partial charge is 0.242 e. The molecule has 1 saturated carbocycles. The maximum Gasteiger partial charge on any atom is 0.242 e. The number of aliphatic hydroxyl groups excluding tert-OH is 1. The molecule has 1 aromatic rings. The first-order chi connectivity index (χ1) is 8.13. The van der Waals surface area contributed by atoms with Crippen molar-refractivity contribution in [2.24, 2.45) is 0 Å². The molecule has 1 aliphatic carbocycles. The molecule has 0 aliphatic heterocycles. The summed E-state index contributed by atoms with van der Waals surface area (Å²) in [6.07, 6.45) is 4.37. The molecule has 0 radical (unpaired) electrons. The quantitative estimate of drug-likeness (QED) is 0.645. The molecule has 2 rings (SSSR count). The van der Waals surface area contributed by atoms with Gasteiger partial charge in [-0.25, -0.2) is 9.67 Å². The number of nitrogen functional groups attached to an aromatic ring is 1. The summed E-state index contributed by atoms with van der Waals surface area (Å²) in [6, 6.07) is 0.159. The highest BCUT2D eigenvalue weighted by Crippen LogP contribution is 2.18. The van der Waals surface area contributed by atoms with E-state index in [4.69, 9.17) is 5.73 Å². The Bertz CT molecular complexity index is 384. The lowest BCUT2D eigenvalue weighted by Gasteiger charge is -2.26. The summed E-state index contributed by atoms with van der Waals surface area (Å²) in [5, 5.41) is 16.1. The molecule has 94 valence electrons. The van der Waals surface area contributed by atoms with Crippen molar-refractivity contribution in [3.8, 4) is 0 Å². The van der Waals surface area contributed by atoms with Gasteiger partial charge in [-0.3, -0.25) is 4.79 Å². The Morgan fingerprint density at radius 1 is 1.53 bits per heavy atom. The molecule has 0 bridgehead atoms. The Hall–Kier alpha value is -1.63. The lowest BCUT2D eigenvalue weighted by molar-refractivity contribution is -0.122. The number of hydrogen-bond acceptors (Lipinski definition) is 5. The van der Waals surface area contributed by atoms with Gasteiger partial charge in [-0.05, 0) is 25.7 Å². The van der Waals surface area contributed by atoms with Gasteiger partial charge in [0.2, 0.25) is 11.9 Å². The van der Waals surface area contributed by atoms with E-state index < -0.39 is 0 Å². The number of anilines is 1. The van der Waals surface area contributed by atoms with Gasteiger partial charge in [0.1, 0.15) is 12.9 Å². The van der Waals surface area contributed by atoms with E-state index in [-0.39, 0.29) is 30.5 Å². The predicted octanol–water partition coefficient (Wildman–Crippen LogP) is -0.720. The van der Waals surface area contributed by atoms with Gasteiger partial charge < -0.3 is 16.2 Å². The van der Waals surface area contributed by atoms with Gasteiger partial charge in [-0.15, -0.1) is 5.10 Å². The number of amides is 1. The highest BCUT2D eigenvalue weighted by molar-refractivity contribution is 5.75. The van der Waals surface area contributed by atoms with E-state index in [0.717, 1.165) is 25.7 Å².